The first-order valence-electron chi connectivity index (χ1n) is 10.4. The molecule has 2 saturated heterocycles. The van der Waals surface area contributed by atoms with E-state index in [2.05, 4.69) is 47.1 Å². The highest BCUT2D eigenvalue weighted by molar-refractivity contribution is 5.65. The molecule has 2 aliphatic heterocycles. The van der Waals surface area contributed by atoms with Crippen LogP contribution in [-0.4, -0.2) is 60.0 Å². The number of piperazine rings is 1. The van der Waals surface area contributed by atoms with Crippen molar-refractivity contribution in [2.75, 3.05) is 42.5 Å². The summed E-state index contributed by atoms with van der Waals surface area (Å²) in [7, 11) is 0. The molecule has 0 bridgehead atoms. The van der Waals surface area contributed by atoms with E-state index in [4.69, 9.17) is 9.97 Å². The van der Waals surface area contributed by atoms with Gasteiger partial charge in [-0.2, -0.15) is 4.98 Å². The summed E-state index contributed by atoms with van der Waals surface area (Å²) in [4.78, 5) is 27.4. The molecule has 28 heavy (non-hydrogen) atoms. The zero-order chi connectivity index (χ0) is 19.3. The normalized spacial score (nSPS) is 20.3. The number of aromatic nitrogens is 2. The average Bonchev–Trinajstić information content (AvgIpc) is 2.79. The Labute approximate surface area is 167 Å². The molecule has 6 heteroatoms. The fourth-order valence-corrected chi connectivity index (χ4v) is 4.22. The molecule has 1 aromatic heterocycles. The predicted octanol–water partition coefficient (Wildman–Crippen LogP) is 3.19. The standard InChI is InChI=1S/C22H29N5O/c1-2-19-10-6-7-11-27(19)21-16-20(18-8-4-3-5-9-18)23-22(24-21)26-14-12-25(17-28)13-15-26/h3-5,8-9,16-17,19H,2,6-7,10-15H2,1H3. The zero-order valence-electron chi connectivity index (χ0n) is 16.6. The topological polar surface area (TPSA) is 52.6 Å². The van der Waals surface area contributed by atoms with E-state index in [0.717, 1.165) is 68.6 Å². The highest BCUT2D eigenvalue weighted by Crippen LogP contribution is 2.30. The number of hydrogen-bond acceptors (Lipinski definition) is 5. The van der Waals surface area contributed by atoms with Crippen LogP contribution in [-0.2, 0) is 4.79 Å². The molecule has 3 heterocycles. The van der Waals surface area contributed by atoms with Gasteiger partial charge >= 0.3 is 0 Å². The second-order valence-electron chi connectivity index (χ2n) is 7.66. The Bertz CT molecular complexity index is 789. The van der Waals surface area contributed by atoms with E-state index in [1.54, 1.807) is 0 Å². The Morgan fingerprint density at radius 2 is 1.82 bits per heavy atom. The summed E-state index contributed by atoms with van der Waals surface area (Å²) in [6, 6.07) is 13.0. The van der Waals surface area contributed by atoms with Crippen molar-refractivity contribution in [2.45, 2.75) is 38.6 Å². The number of rotatable bonds is 5. The van der Waals surface area contributed by atoms with Crippen LogP contribution >= 0.6 is 0 Å². The molecular weight excluding hydrogens is 350 g/mol. The second-order valence-corrected chi connectivity index (χ2v) is 7.66. The first kappa shape index (κ1) is 18.7. The lowest BCUT2D eigenvalue weighted by Gasteiger charge is -2.37. The number of carbonyl (C=O) groups excluding carboxylic acids is 1. The first-order chi connectivity index (χ1) is 13.8. The van der Waals surface area contributed by atoms with Crippen LogP contribution in [0.5, 0.6) is 0 Å². The Balaban J connectivity index is 1.70. The minimum atomic E-state index is 0.548. The number of carbonyl (C=O) groups is 1. The molecule has 0 N–H and O–H groups in total. The van der Waals surface area contributed by atoms with Crippen molar-refractivity contribution in [3.05, 3.63) is 36.4 Å². The summed E-state index contributed by atoms with van der Waals surface area (Å²) in [6.45, 7) is 6.31. The fourth-order valence-electron chi connectivity index (χ4n) is 4.22. The van der Waals surface area contributed by atoms with Crippen LogP contribution in [0.15, 0.2) is 36.4 Å². The van der Waals surface area contributed by atoms with E-state index in [9.17, 15) is 4.79 Å². The van der Waals surface area contributed by atoms with Crippen molar-refractivity contribution < 1.29 is 4.79 Å². The average molecular weight is 380 g/mol. The summed E-state index contributed by atoms with van der Waals surface area (Å²) < 4.78 is 0. The molecule has 2 aliphatic rings. The molecule has 1 unspecified atom stereocenters. The molecular formula is C22H29N5O. The Hall–Kier alpha value is -2.63. The molecule has 2 aromatic rings. The van der Waals surface area contributed by atoms with Crippen LogP contribution in [0.25, 0.3) is 11.3 Å². The fraction of sp³-hybridized carbons (Fsp3) is 0.500. The van der Waals surface area contributed by atoms with E-state index in [0.29, 0.717) is 6.04 Å². The molecule has 0 saturated carbocycles. The van der Waals surface area contributed by atoms with Gasteiger partial charge in [0, 0.05) is 50.4 Å². The highest BCUT2D eigenvalue weighted by Gasteiger charge is 2.25. The lowest BCUT2D eigenvalue weighted by Crippen LogP contribution is -2.46. The molecule has 0 aliphatic carbocycles. The lowest BCUT2D eigenvalue weighted by atomic mass is 10.00. The van der Waals surface area contributed by atoms with E-state index >= 15 is 0 Å². The zero-order valence-corrected chi connectivity index (χ0v) is 16.6. The summed E-state index contributed by atoms with van der Waals surface area (Å²) in [6.07, 6.45) is 5.82. The van der Waals surface area contributed by atoms with Gasteiger partial charge in [0.25, 0.3) is 0 Å². The van der Waals surface area contributed by atoms with Crippen molar-refractivity contribution in [3.8, 4) is 11.3 Å². The summed E-state index contributed by atoms with van der Waals surface area (Å²) in [5, 5.41) is 0. The Morgan fingerprint density at radius 3 is 2.54 bits per heavy atom. The third kappa shape index (κ3) is 3.96. The van der Waals surface area contributed by atoms with Gasteiger partial charge in [-0.1, -0.05) is 37.3 Å². The highest BCUT2D eigenvalue weighted by atomic mass is 16.1. The summed E-state index contributed by atoms with van der Waals surface area (Å²) in [5.41, 5.74) is 2.09. The minimum Gasteiger partial charge on any atom is -0.353 e. The Morgan fingerprint density at radius 1 is 1.04 bits per heavy atom. The molecule has 4 rings (SSSR count). The van der Waals surface area contributed by atoms with Gasteiger partial charge in [-0.3, -0.25) is 4.79 Å². The Kier molecular flexibility index (Phi) is 5.74. The summed E-state index contributed by atoms with van der Waals surface area (Å²) >= 11 is 0. The van der Waals surface area contributed by atoms with Crippen LogP contribution in [0.4, 0.5) is 11.8 Å². The van der Waals surface area contributed by atoms with E-state index in [1.807, 2.05) is 11.0 Å². The molecule has 148 valence electrons. The molecule has 6 nitrogen and oxygen atoms in total. The molecule has 0 radical (unpaired) electrons. The van der Waals surface area contributed by atoms with E-state index in [-0.39, 0.29) is 0 Å². The number of amides is 1. The third-order valence-electron chi connectivity index (χ3n) is 5.91. The van der Waals surface area contributed by atoms with E-state index < -0.39 is 0 Å². The van der Waals surface area contributed by atoms with Crippen LogP contribution in [0, 0.1) is 0 Å². The first-order valence-corrected chi connectivity index (χ1v) is 10.4. The number of nitrogens with zero attached hydrogens (tertiary/aromatic N) is 5. The molecule has 1 aromatic carbocycles. The van der Waals surface area contributed by atoms with Crippen molar-refractivity contribution in [2.24, 2.45) is 0 Å². The van der Waals surface area contributed by atoms with Gasteiger partial charge in [-0.15, -0.1) is 0 Å². The minimum absolute atomic E-state index is 0.548. The van der Waals surface area contributed by atoms with Crippen LogP contribution < -0.4 is 9.80 Å². The lowest BCUT2D eigenvalue weighted by molar-refractivity contribution is -0.118. The van der Waals surface area contributed by atoms with Crippen molar-refractivity contribution in [1.82, 2.24) is 14.9 Å². The molecule has 2 fully saturated rings. The second kappa shape index (κ2) is 8.59. The number of hydrogen-bond donors (Lipinski definition) is 0. The number of benzene rings is 1. The monoisotopic (exact) mass is 379 g/mol. The maximum Gasteiger partial charge on any atom is 0.228 e. The molecule has 1 atom stereocenters. The maximum absolute atomic E-state index is 11.0. The van der Waals surface area contributed by atoms with Gasteiger partial charge in [0.2, 0.25) is 12.4 Å². The van der Waals surface area contributed by atoms with Gasteiger partial charge in [0.05, 0.1) is 5.69 Å². The van der Waals surface area contributed by atoms with Gasteiger partial charge in [0.15, 0.2) is 0 Å². The molecule has 0 spiro atoms. The van der Waals surface area contributed by atoms with Crippen molar-refractivity contribution >= 4 is 18.2 Å². The van der Waals surface area contributed by atoms with Gasteiger partial charge < -0.3 is 14.7 Å². The SMILES string of the molecule is CCC1CCCCN1c1cc(-c2ccccc2)nc(N2CCN(C=O)CC2)n1. The van der Waals surface area contributed by atoms with Gasteiger partial charge in [-0.05, 0) is 25.7 Å². The van der Waals surface area contributed by atoms with Crippen LogP contribution in [0.2, 0.25) is 0 Å². The van der Waals surface area contributed by atoms with E-state index in [1.165, 1.54) is 19.3 Å². The molecule has 1 amide bonds. The quantitative estimate of drug-likeness (QED) is 0.747. The van der Waals surface area contributed by atoms with Crippen molar-refractivity contribution in [1.29, 1.82) is 0 Å². The van der Waals surface area contributed by atoms with Crippen molar-refractivity contribution in [3.63, 3.8) is 0 Å². The largest absolute Gasteiger partial charge is 0.353 e. The van der Waals surface area contributed by atoms with Crippen LogP contribution in [0.3, 0.4) is 0 Å². The predicted molar refractivity (Wildman–Crippen MR) is 113 cm³/mol. The van der Waals surface area contributed by atoms with Gasteiger partial charge in [0.1, 0.15) is 5.82 Å². The number of piperidine rings is 1. The smallest absolute Gasteiger partial charge is 0.228 e. The number of anilines is 2. The van der Waals surface area contributed by atoms with Gasteiger partial charge in [-0.25, -0.2) is 4.98 Å². The summed E-state index contributed by atoms with van der Waals surface area (Å²) in [5.74, 6) is 1.82. The maximum atomic E-state index is 11.0. The van der Waals surface area contributed by atoms with Crippen LogP contribution in [0.1, 0.15) is 32.6 Å². The third-order valence-corrected chi connectivity index (χ3v) is 5.91.